The average molecular weight is 277 g/mol. The topological polar surface area (TPSA) is 37.4 Å². The minimum Gasteiger partial charge on any atom is -0.334 e. The van der Waals surface area contributed by atoms with Crippen molar-refractivity contribution < 1.29 is 35.9 Å². The number of hydrogen-bond donors (Lipinski definition) is 0. The maximum Gasteiger partial charge on any atom is 0.471 e. The van der Waals surface area contributed by atoms with Gasteiger partial charge in [0.05, 0.1) is 0 Å². The van der Waals surface area contributed by atoms with Gasteiger partial charge in [-0.15, -0.1) is 0 Å². The predicted octanol–water partition coefficient (Wildman–Crippen LogP) is 1.92. The Kier molecular flexibility index (Phi) is 3.92. The molecule has 0 unspecified atom stereocenters. The van der Waals surface area contributed by atoms with Gasteiger partial charge in [0.1, 0.15) is 0 Å². The number of hydrogen-bond acceptors (Lipinski definition) is 2. The highest BCUT2D eigenvalue weighted by atomic mass is 19.4. The number of piperidine rings is 1. The molecule has 0 aromatic heterocycles. The molecule has 0 N–H and O–H groups in total. The van der Waals surface area contributed by atoms with Crippen molar-refractivity contribution >= 4 is 11.7 Å². The van der Waals surface area contributed by atoms with Gasteiger partial charge >= 0.3 is 18.3 Å². The third kappa shape index (κ3) is 3.36. The molecule has 0 spiro atoms. The highest BCUT2D eigenvalue weighted by Gasteiger charge is 2.48. The third-order valence-corrected chi connectivity index (χ3v) is 2.60. The van der Waals surface area contributed by atoms with E-state index in [4.69, 9.17) is 0 Å². The molecule has 0 radical (unpaired) electrons. The van der Waals surface area contributed by atoms with Crippen LogP contribution in [0.1, 0.15) is 12.8 Å². The maximum atomic E-state index is 12.1. The number of ketones is 1. The first-order chi connectivity index (χ1) is 8.03. The fourth-order valence-corrected chi connectivity index (χ4v) is 1.79. The monoisotopic (exact) mass is 277 g/mol. The highest BCUT2D eigenvalue weighted by molar-refractivity contribution is 5.88. The van der Waals surface area contributed by atoms with E-state index in [2.05, 4.69) is 0 Å². The van der Waals surface area contributed by atoms with Gasteiger partial charge in [-0.2, -0.15) is 26.3 Å². The van der Waals surface area contributed by atoms with Gasteiger partial charge in [-0.1, -0.05) is 0 Å². The Labute approximate surface area is 97.7 Å². The smallest absolute Gasteiger partial charge is 0.334 e. The average Bonchev–Trinajstić information content (AvgIpc) is 2.24. The Morgan fingerprint density at radius 2 is 1.56 bits per heavy atom. The number of likely N-dealkylation sites (tertiary alicyclic amines) is 1. The Balaban J connectivity index is 2.74. The summed E-state index contributed by atoms with van der Waals surface area (Å²) in [5.74, 6) is -5.89. The first-order valence-electron chi connectivity index (χ1n) is 5.00. The standard InChI is InChI=1S/C9H9F6NO2/c10-8(11,12)6(17)5-2-1-3-16(4-5)7(18)9(13,14)15/h5H,1-4H2/t5-/m1/s1. The van der Waals surface area contributed by atoms with E-state index in [9.17, 15) is 35.9 Å². The van der Waals surface area contributed by atoms with E-state index in [0.29, 0.717) is 0 Å². The molecule has 1 atom stereocenters. The van der Waals surface area contributed by atoms with Crippen LogP contribution < -0.4 is 0 Å². The van der Waals surface area contributed by atoms with Crippen LogP contribution in [0.5, 0.6) is 0 Å². The Bertz CT molecular complexity index is 316. The molecule has 1 fully saturated rings. The number of carbonyl (C=O) groups is 2. The van der Waals surface area contributed by atoms with Crippen LogP contribution in [-0.2, 0) is 9.59 Å². The quantitative estimate of drug-likeness (QED) is 0.687. The summed E-state index contributed by atoms with van der Waals surface area (Å²) in [6.07, 6.45) is -10.5. The molecule has 0 saturated carbocycles. The number of Topliss-reactive ketones (excluding diaryl/α,β-unsaturated/α-hetero) is 1. The molecule has 0 aromatic rings. The van der Waals surface area contributed by atoms with Gasteiger partial charge in [-0.3, -0.25) is 9.59 Å². The lowest BCUT2D eigenvalue weighted by Crippen LogP contribution is -2.49. The summed E-state index contributed by atoms with van der Waals surface area (Å²) in [5, 5.41) is 0. The molecular formula is C9H9F6NO2. The minimum atomic E-state index is -5.14. The number of nitrogens with zero attached hydrogens (tertiary/aromatic N) is 1. The second-order valence-electron chi connectivity index (χ2n) is 3.95. The minimum absolute atomic E-state index is 0.0612. The van der Waals surface area contributed by atoms with E-state index in [1.807, 2.05) is 0 Å². The van der Waals surface area contributed by atoms with Gasteiger partial charge in [0.2, 0.25) is 5.78 Å². The summed E-state index contributed by atoms with van der Waals surface area (Å²) in [6.45, 7) is -1.13. The van der Waals surface area contributed by atoms with E-state index in [1.165, 1.54) is 0 Å². The van der Waals surface area contributed by atoms with Gasteiger partial charge in [0.25, 0.3) is 0 Å². The molecule has 104 valence electrons. The lowest BCUT2D eigenvalue weighted by Gasteiger charge is -2.32. The van der Waals surface area contributed by atoms with Gasteiger partial charge in [-0.25, -0.2) is 0 Å². The molecule has 0 aliphatic carbocycles. The number of halogens is 6. The zero-order valence-electron chi connectivity index (χ0n) is 8.94. The predicted molar refractivity (Wildman–Crippen MR) is 46.4 cm³/mol. The second kappa shape index (κ2) is 4.77. The first-order valence-corrected chi connectivity index (χ1v) is 5.00. The zero-order valence-corrected chi connectivity index (χ0v) is 8.94. The highest BCUT2D eigenvalue weighted by Crippen LogP contribution is 2.29. The SMILES string of the molecule is O=C([C@@H]1CCCN(C(=O)C(F)(F)F)C1)C(F)(F)F. The fraction of sp³-hybridized carbons (Fsp3) is 0.778. The van der Waals surface area contributed by atoms with Gasteiger partial charge in [0.15, 0.2) is 0 Å². The molecule has 1 amide bonds. The Morgan fingerprint density at radius 3 is 2.00 bits per heavy atom. The molecule has 0 aromatic carbocycles. The van der Waals surface area contributed by atoms with Crippen molar-refractivity contribution in [2.24, 2.45) is 5.92 Å². The van der Waals surface area contributed by atoms with E-state index in [0.717, 1.165) is 0 Å². The lowest BCUT2D eigenvalue weighted by atomic mass is 9.93. The largest absolute Gasteiger partial charge is 0.471 e. The Morgan fingerprint density at radius 1 is 1.00 bits per heavy atom. The van der Waals surface area contributed by atoms with Gasteiger partial charge in [0, 0.05) is 19.0 Å². The molecule has 0 bridgehead atoms. The van der Waals surface area contributed by atoms with Crippen molar-refractivity contribution in [3.8, 4) is 0 Å². The fourth-order valence-electron chi connectivity index (χ4n) is 1.79. The van der Waals surface area contributed by atoms with Crippen LogP contribution in [0, 0.1) is 5.92 Å². The van der Waals surface area contributed by atoms with E-state index >= 15 is 0 Å². The normalized spacial score (nSPS) is 21.9. The van der Waals surface area contributed by atoms with E-state index in [-0.39, 0.29) is 24.3 Å². The molecule has 3 nitrogen and oxygen atoms in total. The van der Waals surface area contributed by atoms with Crippen LogP contribution in [0.3, 0.4) is 0 Å². The Hall–Kier alpha value is -1.28. The van der Waals surface area contributed by atoms with Crippen molar-refractivity contribution in [1.82, 2.24) is 4.90 Å². The molecule has 1 heterocycles. The van der Waals surface area contributed by atoms with Crippen LogP contribution in [0.2, 0.25) is 0 Å². The molecule has 18 heavy (non-hydrogen) atoms. The second-order valence-corrected chi connectivity index (χ2v) is 3.95. The number of rotatable bonds is 1. The van der Waals surface area contributed by atoms with E-state index in [1.54, 1.807) is 0 Å². The summed E-state index contributed by atoms with van der Waals surface area (Å²) in [4.78, 5) is 22.0. The summed E-state index contributed by atoms with van der Waals surface area (Å²) in [7, 11) is 0. The van der Waals surface area contributed by atoms with Crippen LogP contribution >= 0.6 is 0 Å². The number of amides is 1. The molecular weight excluding hydrogens is 268 g/mol. The van der Waals surface area contributed by atoms with Crippen molar-refractivity contribution in [3.63, 3.8) is 0 Å². The summed E-state index contributed by atoms with van der Waals surface area (Å²) >= 11 is 0. The molecule has 1 aliphatic heterocycles. The van der Waals surface area contributed by atoms with Crippen LogP contribution in [0.4, 0.5) is 26.3 Å². The molecule has 1 aliphatic rings. The third-order valence-electron chi connectivity index (χ3n) is 2.60. The summed E-state index contributed by atoms with van der Waals surface area (Å²) in [5.41, 5.74) is 0. The van der Waals surface area contributed by atoms with Crippen LogP contribution in [0.15, 0.2) is 0 Å². The van der Waals surface area contributed by atoms with Crippen molar-refractivity contribution in [3.05, 3.63) is 0 Å². The number of carbonyl (C=O) groups excluding carboxylic acids is 2. The summed E-state index contributed by atoms with van der Waals surface area (Å²) < 4.78 is 72.7. The zero-order chi connectivity index (χ0) is 14.1. The van der Waals surface area contributed by atoms with Crippen LogP contribution in [-0.4, -0.2) is 42.0 Å². The van der Waals surface area contributed by atoms with Crippen molar-refractivity contribution in [2.75, 3.05) is 13.1 Å². The summed E-state index contributed by atoms with van der Waals surface area (Å²) in [6, 6.07) is 0. The lowest BCUT2D eigenvalue weighted by molar-refractivity contribution is -0.190. The molecule has 1 saturated heterocycles. The van der Waals surface area contributed by atoms with E-state index < -0.39 is 36.5 Å². The van der Waals surface area contributed by atoms with Gasteiger partial charge in [-0.05, 0) is 12.8 Å². The van der Waals surface area contributed by atoms with Gasteiger partial charge < -0.3 is 4.90 Å². The maximum absolute atomic E-state index is 12.1. The van der Waals surface area contributed by atoms with Crippen LogP contribution in [0.25, 0.3) is 0 Å². The van der Waals surface area contributed by atoms with Crippen molar-refractivity contribution in [2.45, 2.75) is 25.2 Å². The van der Waals surface area contributed by atoms with Crippen molar-refractivity contribution in [1.29, 1.82) is 0 Å². The number of alkyl halides is 6. The first kappa shape index (κ1) is 14.8. The molecule has 1 rings (SSSR count). The molecule has 9 heteroatoms.